The molecular weight excluding hydrogens is 208 g/mol. The van der Waals surface area contributed by atoms with Crippen LogP contribution in [0.2, 0.25) is 0 Å². The van der Waals surface area contributed by atoms with Gasteiger partial charge in [-0.2, -0.15) is 5.10 Å². The summed E-state index contributed by atoms with van der Waals surface area (Å²) in [5.74, 6) is 0. The Bertz CT molecular complexity index is 369. The van der Waals surface area contributed by atoms with E-state index in [-0.39, 0.29) is 6.10 Å². The van der Waals surface area contributed by atoms with Gasteiger partial charge in [-0.15, -0.1) is 0 Å². The highest BCUT2D eigenvalue weighted by Gasteiger charge is 2.24. The van der Waals surface area contributed by atoms with Gasteiger partial charge in [-0.3, -0.25) is 4.68 Å². The summed E-state index contributed by atoms with van der Waals surface area (Å²) in [6.07, 6.45) is 6.26. The number of primary amides is 1. The Kier molecular flexibility index (Phi) is 2.98. The molecule has 1 heterocycles. The molecule has 16 heavy (non-hydrogen) atoms. The number of amides is 1. The van der Waals surface area contributed by atoms with Gasteiger partial charge in [0.05, 0.1) is 17.9 Å². The predicted octanol–water partition coefficient (Wildman–Crippen LogP) is 1.04. The van der Waals surface area contributed by atoms with Gasteiger partial charge in [-0.05, 0) is 25.7 Å². The summed E-state index contributed by atoms with van der Waals surface area (Å²) >= 11 is 0. The molecule has 4 N–H and O–H groups in total. The molecule has 1 aliphatic rings. The van der Waals surface area contributed by atoms with E-state index in [1.165, 1.54) is 0 Å². The minimum absolute atomic E-state index is 0.0401. The van der Waals surface area contributed by atoms with Gasteiger partial charge in [0.25, 0.3) is 0 Å². The molecule has 6 nitrogen and oxygen atoms in total. The van der Waals surface area contributed by atoms with Crippen molar-refractivity contribution in [2.45, 2.75) is 37.8 Å². The second kappa shape index (κ2) is 4.42. The van der Waals surface area contributed by atoms with Crippen molar-refractivity contribution in [3.05, 3.63) is 12.4 Å². The molecule has 1 fully saturated rings. The second-order valence-corrected chi connectivity index (χ2v) is 4.12. The number of nitrogens with two attached hydrogens (primary N) is 2. The first kappa shape index (κ1) is 10.8. The van der Waals surface area contributed by atoms with Crippen LogP contribution >= 0.6 is 0 Å². The molecule has 6 heteroatoms. The Hall–Kier alpha value is -1.72. The fourth-order valence-corrected chi connectivity index (χ4v) is 2.14. The van der Waals surface area contributed by atoms with Gasteiger partial charge < -0.3 is 16.2 Å². The molecule has 0 unspecified atom stereocenters. The molecular formula is C10H16N4O2. The van der Waals surface area contributed by atoms with E-state index in [1.54, 1.807) is 6.20 Å². The molecule has 88 valence electrons. The van der Waals surface area contributed by atoms with Crippen molar-refractivity contribution in [1.29, 1.82) is 0 Å². The average Bonchev–Trinajstić information content (AvgIpc) is 2.65. The maximum absolute atomic E-state index is 10.6. The topological polar surface area (TPSA) is 96.2 Å². The zero-order valence-electron chi connectivity index (χ0n) is 9.00. The van der Waals surface area contributed by atoms with Crippen molar-refractivity contribution < 1.29 is 9.53 Å². The first-order valence-electron chi connectivity index (χ1n) is 5.41. The molecule has 0 aromatic carbocycles. The third-order valence-corrected chi connectivity index (χ3v) is 2.92. The van der Waals surface area contributed by atoms with Crippen LogP contribution in [0.5, 0.6) is 0 Å². The molecule has 0 atom stereocenters. The zero-order chi connectivity index (χ0) is 11.5. The summed E-state index contributed by atoms with van der Waals surface area (Å²) in [5.41, 5.74) is 11.3. The minimum Gasteiger partial charge on any atom is -0.446 e. The fraction of sp³-hybridized carbons (Fsp3) is 0.600. The first-order chi connectivity index (χ1) is 7.65. The second-order valence-electron chi connectivity index (χ2n) is 4.12. The Morgan fingerprint density at radius 3 is 2.62 bits per heavy atom. The largest absolute Gasteiger partial charge is 0.446 e. The van der Waals surface area contributed by atoms with E-state index in [0.29, 0.717) is 11.7 Å². The molecule has 1 aromatic heterocycles. The summed E-state index contributed by atoms with van der Waals surface area (Å²) < 4.78 is 6.85. The molecule has 1 saturated carbocycles. The Morgan fingerprint density at radius 1 is 1.44 bits per heavy atom. The lowest BCUT2D eigenvalue weighted by Gasteiger charge is -2.27. The maximum Gasteiger partial charge on any atom is 0.404 e. The number of anilines is 1. The van der Waals surface area contributed by atoms with Gasteiger partial charge in [0.1, 0.15) is 6.10 Å². The van der Waals surface area contributed by atoms with Gasteiger partial charge in [0.2, 0.25) is 0 Å². The number of ether oxygens (including phenoxy) is 1. The minimum atomic E-state index is -0.688. The third-order valence-electron chi connectivity index (χ3n) is 2.92. The molecule has 1 aliphatic carbocycles. The maximum atomic E-state index is 10.6. The number of carbonyl (C=O) groups excluding carboxylic acids is 1. The normalized spacial score (nSPS) is 25.2. The summed E-state index contributed by atoms with van der Waals surface area (Å²) in [7, 11) is 0. The van der Waals surface area contributed by atoms with Gasteiger partial charge >= 0.3 is 6.09 Å². The van der Waals surface area contributed by atoms with E-state index in [1.807, 2.05) is 10.9 Å². The number of nitrogen functional groups attached to an aromatic ring is 1. The van der Waals surface area contributed by atoms with E-state index in [4.69, 9.17) is 16.2 Å². The van der Waals surface area contributed by atoms with Crippen LogP contribution in [0.15, 0.2) is 12.4 Å². The van der Waals surface area contributed by atoms with Gasteiger partial charge in [-0.25, -0.2) is 4.79 Å². The molecule has 0 spiro atoms. The highest BCUT2D eigenvalue weighted by molar-refractivity contribution is 5.64. The van der Waals surface area contributed by atoms with Crippen LogP contribution in [-0.4, -0.2) is 22.0 Å². The molecule has 2 rings (SSSR count). The van der Waals surface area contributed by atoms with Crippen molar-refractivity contribution >= 4 is 11.8 Å². The standard InChI is InChI=1S/C10H16N4O2/c11-7-5-13-14(6-7)8-1-3-9(4-2-8)16-10(12)15/h5-6,8-9H,1-4,11H2,(H2,12,15). The monoisotopic (exact) mass is 224 g/mol. The number of nitrogens with zero attached hydrogens (tertiary/aromatic N) is 2. The number of hydrogen-bond donors (Lipinski definition) is 2. The highest BCUT2D eigenvalue weighted by Crippen LogP contribution is 2.29. The SMILES string of the molecule is NC(=O)OC1CCC(n2cc(N)cn2)CC1. The fourth-order valence-electron chi connectivity index (χ4n) is 2.14. The van der Waals surface area contributed by atoms with Crippen LogP contribution < -0.4 is 11.5 Å². The van der Waals surface area contributed by atoms with Crippen molar-refractivity contribution in [3.8, 4) is 0 Å². The molecule has 1 aromatic rings. The van der Waals surface area contributed by atoms with E-state index in [9.17, 15) is 4.79 Å². The lowest BCUT2D eigenvalue weighted by atomic mass is 9.93. The molecule has 0 bridgehead atoms. The van der Waals surface area contributed by atoms with Gasteiger partial charge in [-0.1, -0.05) is 0 Å². The Balaban J connectivity index is 1.87. The highest BCUT2D eigenvalue weighted by atomic mass is 16.6. The average molecular weight is 224 g/mol. The van der Waals surface area contributed by atoms with E-state index in [2.05, 4.69) is 5.10 Å². The van der Waals surface area contributed by atoms with Crippen LogP contribution in [0.3, 0.4) is 0 Å². The lowest BCUT2D eigenvalue weighted by Crippen LogP contribution is -2.28. The lowest BCUT2D eigenvalue weighted by molar-refractivity contribution is 0.0709. The van der Waals surface area contributed by atoms with Gasteiger partial charge in [0.15, 0.2) is 0 Å². The number of rotatable bonds is 2. The molecule has 1 amide bonds. The van der Waals surface area contributed by atoms with Crippen molar-refractivity contribution in [3.63, 3.8) is 0 Å². The molecule has 0 radical (unpaired) electrons. The first-order valence-corrected chi connectivity index (χ1v) is 5.41. The van der Waals surface area contributed by atoms with E-state index in [0.717, 1.165) is 25.7 Å². The molecule has 0 aliphatic heterocycles. The summed E-state index contributed by atoms with van der Waals surface area (Å²) in [6, 6.07) is 0.352. The molecule has 0 saturated heterocycles. The van der Waals surface area contributed by atoms with Crippen molar-refractivity contribution in [1.82, 2.24) is 9.78 Å². The smallest absolute Gasteiger partial charge is 0.404 e. The summed E-state index contributed by atoms with van der Waals surface area (Å²) in [6.45, 7) is 0. The zero-order valence-corrected chi connectivity index (χ0v) is 9.00. The summed E-state index contributed by atoms with van der Waals surface area (Å²) in [5, 5.41) is 4.18. The van der Waals surface area contributed by atoms with Crippen LogP contribution in [0.1, 0.15) is 31.7 Å². The van der Waals surface area contributed by atoms with Gasteiger partial charge in [0, 0.05) is 6.20 Å². The van der Waals surface area contributed by atoms with Crippen molar-refractivity contribution in [2.24, 2.45) is 5.73 Å². The number of carbonyl (C=O) groups is 1. The van der Waals surface area contributed by atoms with Crippen LogP contribution in [0, 0.1) is 0 Å². The third kappa shape index (κ3) is 2.44. The Morgan fingerprint density at radius 2 is 2.12 bits per heavy atom. The van der Waals surface area contributed by atoms with Crippen molar-refractivity contribution in [2.75, 3.05) is 5.73 Å². The predicted molar refractivity (Wildman–Crippen MR) is 58.6 cm³/mol. The number of hydrogen-bond acceptors (Lipinski definition) is 4. The Labute approximate surface area is 93.5 Å². The summed E-state index contributed by atoms with van der Waals surface area (Å²) in [4.78, 5) is 10.6. The number of aromatic nitrogens is 2. The van der Waals surface area contributed by atoms with E-state index >= 15 is 0 Å². The van der Waals surface area contributed by atoms with E-state index < -0.39 is 6.09 Å². The van der Waals surface area contributed by atoms with Crippen LogP contribution in [0.4, 0.5) is 10.5 Å². The quantitative estimate of drug-likeness (QED) is 0.784. The van der Waals surface area contributed by atoms with Crippen LogP contribution in [-0.2, 0) is 4.74 Å². The van der Waals surface area contributed by atoms with Crippen LogP contribution in [0.25, 0.3) is 0 Å².